The number of fused-ring (bicyclic) bond motifs is 1. The average molecular weight is 190 g/mol. The van der Waals surface area contributed by atoms with Gasteiger partial charge in [0.1, 0.15) is 5.65 Å². The van der Waals surface area contributed by atoms with Gasteiger partial charge in [0.05, 0.1) is 5.56 Å². The molecule has 0 unspecified atom stereocenters. The first-order chi connectivity index (χ1) is 6.72. The number of nitrogens with one attached hydrogen (secondary N) is 1. The van der Waals surface area contributed by atoms with Gasteiger partial charge in [0, 0.05) is 23.3 Å². The summed E-state index contributed by atoms with van der Waals surface area (Å²) in [5, 5.41) is 9.23. The van der Waals surface area contributed by atoms with Crippen LogP contribution in [0.2, 0.25) is 0 Å². The molecule has 0 spiro atoms. The van der Waals surface area contributed by atoms with Crippen molar-refractivity contribution in [1.29, 1.82) is 0 Å². The van der Waals surface area contributed by atoms with E-state index in [2.05, 4.69) is 9.97 Å². The molecule has 0 saturated heterocycles. The van der Waals surface area contributed by atoms with Crippen molar-refractivity contribution in [3.05, 3.63) is 29.6 Å². The molecular weight excluding hydrogens is 184 g/mol. The van der Waals surface area contributed by atoms with Crippen LogP contribution in [0.4, 0.5) is 0 Å². The molecule has 0 aliphatic rings. The predicted molar refractivity (Wildman–Crippen MR) is 48.4 cm³/mol. The van der Waals surface area contributed by atoms with Crippen molar-refractivity contribution in [1.82, 2.24) is 9.97 Å². The Morgan fingerprint density at radius 1 is 1.57 bits per heavy atom. The maximum atomic E-state index is 10.6. The molecule has 14 heavy (non-hydrogen) atoms. The van der Waals surface area contributed by atoms with Crippen LogP contribution in [0.15, 0.2) is 18.5 Å². The number of carboxylic acid groups (broad SMARTS) is 1. The number of rotatable bonds is 2. The van der Waals surface area contributed by atoms with Gasteiger partial charge in [-0.05, 0) is 6.07 Å². The topological polar surface area (TPSA) is 83.0 Å². The first-order valence-electron chi connectivity index (χ1n) is 3.88. The van der Waals surface area contributed by atoms with Crippen LogP contribution in [0.1, 0.15) is 20.7 Å². The molecule has 5 nitrogen and oxygen atoms in total. The molecule has 2 aromatic rings. The Hall–Kier alpha value is -2.17. The first-order valence-corrected chi connectivity index (χ1v) is 3.88. The van der Waals surface area contributed by atoms with Gasteiger partial charge in [-0.3, -0.25) is 4.79 Å². The lowest BCUT2D eigenvalue weighted by atomic mass is 10.2. The summed E-state index contributed by atoms with van der Waals surface area (Å²) in [6, 6.07) is 1.42. The number of hydrogen-bond donors (Lipinski definition) is 2. The maximum Gasteiger partial charge on any atom is 0.337 e. The molecular formula is C9H6N2O3. The second kappa shape index (κ2) is 2.95. The molecule has 0 radical (unpaired) electrons. The molecule has 0 amide bonds. The highest BCUT2D eigenvalue weighted by molar-refractivity contribution is 5.99. The standard InChI is InChI=1S/C9H6N2O3/c12-4-6-3-11-8-7(6)1-5(2-10-8)9(13)14/h1-4H,(H,10,11)(H,13,14). The molecule has 0 fully saturated rings. The minimum Gasteiger partial charge on any atom is -0.478 e. The molecule has 0 saturated carbocycles. The summed E-state index contributed by atoms with van der Waals surface area (Å²) in [5.41, 5.74) is 0.993. The van der Waals surface area contributed by atoms with Gasteiger partial charge in [0.15, 0.2) is 6.29 Å². The summed E-state index contributed by atoms with van der Waals surface area (Å²) in [5.74, 6) is -1.06. The smallest absolute Gasteiger partial charge is 0.337 e. The number of aromatic amines is 1. The minimum atomic E-state index is -1.06. The monoisotopic (exact) mass is 190 g/mol. The average Bonchev–Trinajstić information content (AvgIpc) is 2.59. The van der Waals surface area contributed by atoms with E-state index in [1.807, 2.05) is 0 Å². The first kappa shape index (κ1) is 8.43. The zero-order chi connectivity index (χ0) is 10.1. The van der Waals surface area contributed by atoms with Gasteiger partial charge >= 0.3 is 5.97 Å². The van der Waals surface area contributed by atoms with Crippen LogP contribution in [0.5, 0.6) is 0 Å². The molecule has 0 bridgehead atoms. The molecule has 0 atom stereocenters. The number of hydrogen-bond acceptors (Lipinski definition) is 3. The van der Waals surface area contributed by atoms with Gasteiger partial charge in [0.25, 0.3) is 0 Å². The molecule has 0 aliphatic heterocycles. The highest BCUT2D eigenvalue weighted by Gasteiger charge is 2.08. The van der Waals surface area contributed by atoms with Gasteiger partial charge < -0.3 is 10.1 Å². The van der Waals surface area contributed by atoms with Crippen LogP contribution in [0.25, 0.3) is 11.0 Å². The summed E-state index contributed by atoms with van der Waals surface area (Å²) >= 11 is 0. The molecule has 0 aromatic carbocycles. The number of aldehydes is 1. The Morgan fingerprint density at radius 3 is 3.00 bits per heavy atom. The number of aromatic nitrogens is 2. The normalized spacial score (nSPS) is 10.3. The van der Waals surface area contributed by atoms with Crippen LogP contribution >= 0.6 is 0 Å². The Morgan fingerprint density at radius 2 is 2.36 bits per heavy atom. The Labute approximate surface area is 78.4 Å². The van der Waals surface area contributed by atoms with Crippen molar-refractivity contribution in [2.45, 2.75) is 0 Å². The fourth-order valence-corrected chi connectivity index (χ4v) is 1.24. The molecule has 2 N–H and O–H groups in total. The van der Waals surface area contributed by atoms with E-state index < -0.39 is 5.97 Å². The largest absolute Gasteiger partial charge is 0.478 e. The van der Waals surface area contributed by atoms with Crippen LogP contribution in [-0.2, 0) is 0 Å². The number of carboxylic acids is 1. The fourth-order valence-electron chi connectivity index (χ4n) is 1.24. The van der Waals surface area contributed by atoms with Crippen molar-refractivity contribution in [2.75, 3.05) is 0 Å². The zero-order valence-corrected chi connectivity index (χ0v) is 7.02. The van der Waals surface area contributed by atoms with E-state index in [1.54, 1.807) is 0 Å². The highest BCUT2D eigenvalue weighted by atomic mass is 16.4. The highest BCUT2D eigenvalue weighted by Crippen LogP contribution is 2.15. The van der Waals surface area contributed by atoms with Crippen molar-refractivity contribution in [3.63, 3.8) is 0 Å². The van der Waals surface area contributed by atoms with Crippen LogP contribution in [0.3, 0.4) is 0 Å². The van der Waals surface area contributed by atoms with Crippen molar-refractivity contribution < 1.29 is 14.7 Å². The van der Waals surface area contributed by atoms with E-state index in [-0.39, 0.29) is 5.56 Å². The lowest BCUT2D eigenvalue weighted by Crippen LogP contribution is -1.96. The fraction of sp³-hybridized carbons (Fsp3) is 0. The van der Waals surface area contributed by atoms with E-state index in [1.165, 1.54) is 18.5 Å². The maximum absolute atomic E-state index is 10.6. The number of H-pyrrole nitrogens is 1. The lowest BCUT2D eigenvalue weighted by molar-refractivity contribution is 0.0696. The molecule has 2 heterocycles. The van der Waals surface area contributed by atoms with E-state index in [9.17, 15) is 9.59 Å². The van der Waals surface area contributed by atoms with Crippen LogP contribution in [0, 0.1) is 0 Å². The third-order valence-corrected chi connectivity index (χ3v) is 1.94. The SMILES string of the molecule is O=Cc1c[nH]c2ncc(C(=O)O)cc12. The molecule has 5 heteroatoms. The summed E-state index contributed by atoms with van der Waals surface area (Å²) < 4.78 is 0. The van der Waals surface area contributed by atoms with Gasteiger partial charge in [0.2, 0.25) is 0 Å². The Balaban J connectivity index is 2.73. The Bertz CT molecular complexity index is 516. The molecule has 0 aliphatic carbocycles. The Kier molecular flexibility index (Phi) is 1.78. The summed E-state index contributed by atoms with van der Waals surface area (Å²) in [4.78, 5) is 27.8. The zero-order valence-electron chi connectivity index (χ0n) is 7.02. The summed E-state index contributed by atoms with van der Waals surface area (Å²) in [6.07, 6.45) is 3.40. The van der Waals surface area contributed by atoms with E-state index >= 15 is 0 Å². The van der Waals surface area contributed by atoms with Crippen molar-refractivity contribution in [2.24, 2.45) is 0 Å². The summed E-state index contributed by atoms with van der Waals surface area (Å²) in [7, 11) is 0. The number of carbonyl (C=O) groups excluding carboxylic acids is 1. The van der Waals surface area contributed by atoms with Gasteiger partial charge in [-0.2, -0.15) is 0 Å². The van der Waals surface area contributed by atoms with Crippen LogP contribution < -0.4 is 0 Å². The lowest BCUT2D eigenvalue weighted by Gasteiger charge is -1.93. The van der Waals surface area contributed by atoms with Crippen molar-refractivity contribution >= 4 is 23.3 Å². The van der Waals surface area contributed by atoms with Gasteiger partial charge in [-0.15, -0.1) is 0 Å². The third kappa shape index (κ3) is 1.15. The van der Waals surface area contributed by atoms with Crippen molar-refractivity contribution in [3.8, 4) is 0 Å². The minimum absolute atomic E-state index is 0.0696. The predicted octanol–water partition coefficient (Wildman–Crippen LogP) is 1.07. The molecule has 2 rings (SSSR count). The second-order valence-electron chi connectivity index (χ2n) is 2.79. The van der Waals surface area contributed by atoms with Gasteiger partial charge in [-0.25, -0.2) is 9.78 Å². The number of aromatic carboxylic acids is 1. The van der Waals surface area contributed by atoms with Gasteiger partial charge in [-0.1, -0.05) is 0 Å². The molecule has 2 aromatic heterocycles. The van der Waals surface area contributed by atoms with Crippen LogP contribution in [-0.4, -0.2) is 27.3 Å². The quantitative estimate of drug-likeness (QED) is 0.694. The van der Waals surface area contributed by atoms with E-state index in [0.29, 0.717) is 22.9 Å². The number of pyridine rings is 1. The number of nitrogens with zero attached hydrogens (tertiary/aromatic N) is 1. The molecule has 70 valence electrons. The van der Waals surface area contributed by atoms with E-state index in [4.69, 9.17) is 5.11 Å². The second-order valence-corrected chi connectivity index (χ2v) is 2.79. The summed E-state index contributed by atoms with van der Waals surface area (Å²) in [6.45, 7) is 0. The third-order valence-electron chi connectivity index (χ3n) is 1.94. The number of carbonyl (C=O) groups is 2. The van der Waals surface area contributed by atoms with E-state index in [0.717, 1.165) is 0 Å².